The lowest BCUT2D eigenvalue weighted by molar-refractivity contribution is -0.0404. The van der Waals surface area contributed by atoms with E-state index < -0.39 is 0 Å². The molecule has 0 aliphatic carbocycles. The van der Waals surface area contributed by atoms with Gasteiger partial charge in [0.2, 0.25) is 0 Å². The predicted molar refractivity (Wildman–Crippen MR) is 105 cm³/mol. The number of fused-ring (bicyclic) bond motifs is 2. The Kier molecular flexibility index (Phi) is 4.51. The van der Waals surface area contributed by atoms with Crippen LogP contribution in [-0.4, -0.2) is 83.2 Å². The normalized spacial score (nSPS) is 34.0. The fourth-order valence-electron chi connectivity index (χ4n) is 5.79. The number of likely N-dealkylation sites (N-methyl/N-ethyl adjacent to an activating group) is 1. The zero-order chi connectivity index (χ0) is 17.9. The molecule has 144 valence electrons. The molecule has 4 heterocycles. The minimum absolute atomic E-state index is 0.327. The first kappa shape index (κ1) is 18.2. The second kappa shape index (κ2) is 6.19. The number of piperazine rings is 1. The first-order chi connectivity index (χ1) is 11.7. The van der Waals surface area contributed by atoms with Crippen molar-refractivity contribution in [3.8, 4) is 0 Å². The third-order valence-electron chi connectivity index (χ3n) is 8.23. The molecule has 4 nitrogen and oxygen atoms in total. The lowest BCUT2D eigenvalue weighted by Crippen LogP contribution is -2.71. The smallest absolute Gasteiger partial charge is 0.0438 e. The van der Waals surface area contributed by atoms with Crippen LogP contribution < -0.4 is 5.32 Å². The maximum Gasteiger partial charge on any atom is 0.0438 e. The fourth-order valence-corrected chi connectivity index (χ4v) is 5.79. The van der Waals surface area contributed by atoms with Crippen LogP contribution >= 0.6 is 0 Å². The van der Waals surface area contributed by atoms with Crippen LogP contribution in [0.3, 0.4) is 0 Å². The molecule has 4 fully saturated rings. The summed E-state index contributed by atoms with van der Waals surface area (Å²) in [5.41, 5.74) is 1.13. The highest BCUT2D eigenvalue weighted by molar-refractivity contribution is 5.09. The Morgan fingerprint density at radius 2 is 1.48 bits per heavy atom. The Hall–Kier alpha value is -0.160. The highest BCUT2D eigenvalue weighted by atomic mass is 15.3. The summed E-state index contributed by atoms with van der Waals surface area (Å²) in [6, 6.07) is 1.60. The van der Waals surface area contributed by atoms with E-state index in [-0.39, 0.29) is 0 Å². The molecule has 2 unspecified atom stereocenters. The van der Waals surface area contributed by atoms with Crippen molar-refractivity contribution in [3.05, 3.63) is 0 Å². The van der Waals surface area contributed by atoms with Crippen molar-refractivity contribution >= 4 is 0 Å². The summed E-state index contributed by atoms with van der Waals surface area (Å²) in [6.07, 6.45) is 8.17. The monoisotopic (exact) mass is 348 g/mol. The summed E-state index contributed by atoms with van der Waals surface area (Å²) in [5, 5.41) is 3.76. The van der Waals surface area contributed by atoms with Crippen molar-refractivity contribution in [2.24, 2.45) is 0 Å². The molecule has 1 N–H and O–H groups in total. The largest absolute Gasteiger partial charge is 0.309 e. The third-order valence-corrected chi connectivity index (χ3v) is 8.23. The van der Waals surface area contributed by atoms with E-state index in [0.717, 1.165) is 12.1 Å². The van der Waals surface area contributed by atoms with Crippen LogP contribution in [0.25, 0.3) is 0 Å². The van der Waals surface area contributed by atoms with Crippen LogP contribution in [0.1, 0.15) is 66.2 Å². The van der Waals surface area contributed by atoms with E-state index in [0.29, 0.717) is 16.6 Å². The molecule has 4 saturated heterocycles. The molecule has 0 aromatic carbocycles. The van der Waals surface area contributed by atoms with Gasteiger partial charge in [0.05, 0.1) is 0 Å². The summed E-state index contributed by atoms with van der Waals surface area (Å²) >= 11 is 0. The molecule has 2 bridgehead atoms. The lowest BCUT2D eigenvalue weighted by atomic mass is 9.80. The number of rotatable bonds is 5. The van der Waals surface area contributed by atoms with Gasteiger partial charge in [-0.05, 0) is 79.8 Å². The molecule has 25 heavy (non-hydrogen) atoms. The zero-order valence-corrected chi connectivity index (χ0v) is 17.3. The molecule has 0 aromatic heterocycles. The van der Waals surface area contributed by atoms with E-state index >= 15 is 0 Å². The number of hydrogen-bond acceptors (Lipinski definition) is 4. The van der Waals surface area contributed by atoms with E-state index in [1.165, 1.54) is 71.2 Å². The molecular weight excluding hydrogens is 308 g/mol. The van der Waals surface area contributed by atoms with Crippen LogP contribution in [0.2, 0.25) is 0 Å². The van der Waals surface area contributed by atoms with E-state index in [2.05, 4.69) is 54.8 Å². The van der Waals surface area contributed by atoms with Gasteiger partial charge < -0.3 is 5.32 Å². The summed E-state index contributed by atoms with van der Waals surface area (Å²) in [5.74, 6) is 0. The van der Waals surface area contributed by atoms with Crippen LogP contribution in [-0.2, 0) is 0 Å². The molecule has 0 saturated carbocycles. The van der Waals surface area contributed by atoms with Crippen LogP contribution in [0.5, 0.6) is 0 Å². The molecule has 1 spiro atoms. The number of nitrogens with one attached hydrogen (secondary N) is 1. The van der Waals surface area contributed by atoms with Gasteiger partial charge in [0.15, 0.2) is 0 Å². The van der Waals surface area contributed by atoms with Crippen LogP contribution in [0.4, 0.5) is 0 Å². The zero-order valence-electron chi connectivity index (χ0n) is 17.3. The van der Waals surface area contributed by atoms with Crippen molar-refractivity contribution in [2.75, 3.05) is 39.8 Å². The molecule has 4 rings (SSSR count). The molecule has 4 aliphatic rings. The van der Waals surface area contributed by atoms with Crippen molar-refractivity contribution in [1.82, 2.24) is 20.0 Å². The van der Waals surface area contributed by atoms with Gasteiger partial charge in [-0.25, -0.2) is 0 Å². The van der Waals surface area contributed by atoms with Gasteiger partial charge in [-0.15, -0.1) is 0 Å². The average Bonchev–Trinajstić information content (AvgIpc) is 3.06. The van der Waals surface area contributed by atoms with Gasteiger partial charge in [-0.1, -0.05) is 0 Å². The molecule has 0 amide bonds. The van der Waals surface area contributed by atoms with Gasteiger partial charge in [-0.3, -0.25) is 14.7 Å². The van der Waals surface area contributed by atoms with Gasteiger partial charge in [0.25, 0.3) is 0 Å². The maximum absolute atomic E-state index is 3.76. The van der Waals surface area contributed by atoms with E-state index in [9.17, 15) is 0 Å². The number of hydrogen-bond donors (Lipinski definition) is 1. The Morgan fingerprint density at radius 3 is 2.00 bits per heavy atom. The highest BCUT2D eigenvalue weighted by Gasteiger charge is 2.49. The standard InChI is InChI=1S/C21H40N4/c1-19(2,24-13-17-7-8-18(14-24)23(17)5)10-11-20(3,4)25-15-21(16-25)9-6-12-22-21/h17-18,22H,6-16H2,1-5H3. The second-order valence-electron chi connectivity index (χ2n) is 10.7. The second-order valence-corrected chi connectivity index (χ2v) is 10.7. The fraction of sp³-hybridized carbons (Fsp3) is 1.00. The van der Waals surface area contributed by atoms with Crippen molar-refractivity contribution in [1.29, 1.82) is 0 Å². The minimum atomic E-state index is 0.327. The number of likely N-dealkylation sites (tertiary alicyclic amines) is 2. The Balaban J connectivity index is 1.31. The Morgan fingerprint density at radius 1 is 0.920 bits per heavy atom. The summed E-state index contributed by atoms with van der Waals surface area (Å²) in [7, 11) is 2.34. The van der Waals surface area contributed by atoms with Crippen molar-refractivity contribution in [3.63, 3.8) is 0 Å². The van der Waals surface area contributed by atoms with E-state index in [1.807, 2.05) is 0 Å². The van der Waals surface area contributed by atoms with Crippen LogP contribution in [0.15, 0.2) is 0 Å². The van der Waals surface area contributed by atoms with Gasteiger partial charge in [0, 0.05) is 54.9 Å². The average molecular weight is 349 g/mol. The molecule has 4 aliphatic heterocycles. The first-order valence-corrected chi connectivity index (χ1v) is 10.7. The Bertz CT molecular complexity index is 472. The lowest BCUT2D eigenvalue weighted by Gasteiger charge is -2.56. The van der Waals surface area contributed by atoms with E-state index in [1.54, 1.807) is 0 Å². The summed E-state index contributed by atoms with van der Waals surface area (Å²) in [4.78, 5) is 8.18. The number of nitrogens with zero attached hydrogens (tertiary/aromatic N) is 3. The Labute approximate surface area is 155 Å². The highest BCUT2D eigenvalue weighted by Crippen LogP contribution is 2.39. The molecule has 2 atom stereocenters. The first-order valence-electron chi connectivity index (χ1n) is 10.7. The predicted octanol–water partition coefficient (Wildman–Crippen LogP) is 2.54. The summed E-state index contributed by atoms with van der Waals surface area (Å²) < 4.78 is 0. The quantitative estimate of drug-likeness (QED) is 0.824. The topological polar surface area (TPSA) is 21.8 Å². The molecular formula is C21H40N4. The third kappa shape index (κ3) is 3.28. The molecule has 4 heteroatoms. The van der Waals surface area contributed by atoms with Crippen molar-refractivity contribution < 1.29 is 0 Å². The van der Waals surface area contributed by atoms with E-state index in [4.69, 9.17) is 0 Å². The maximum atomic E-state index is 3.76. The summed E-state index contributed by atoms with van der Waals surface area (Å²) in [6.45, 7) is 16.2. The SMILES string of the molecule is CN1C2CCC1CN(C(C)(C)CCC(C)(C)N1CC3(CCCN3)C1)C2. The van der Waals surface area contributed by atoms with Crippen molar-refractivity contribution in [2.45, 2.75) is 94.9 Å². The van der Waals surface area contributed by atoms with Gasteiger partial charge >= 0.3 is 0 Å². The minimum Gasteiger partial charge on any atom is -0.309 e. The molecule has 0 radical (unpaired) electrons. The van der Waals surface area contributed by atoms with Gasteiger partial charge in [-0.2, -0.15) is 0 Å². The van der Waals surface area contributed by atoms with Crippen LogP contribution in [0, 0.1) is 0 Å². The molecule has 0 aromatic rings. The van der Waals surface area contributed by atoms with Gasteiger partial charge in [0.1, 0.15) is 0 Å².